The van der Waals surface area contributed by atoms with Gasteiger partial charge in [0.15, 0.2) is 0 Å². The van der Waals surface area contributed by atoms with Crippen LogP contribution in [0.1, 0.15) is 499 Å². The SMILES string of the molecule is CC(O)C(C)CCCO.CC(O)CCC(C)C(C)O.CC(O)CCC(C)CCO.CC(O)CCC(O)C(C)C.CCC(O)CC(C)C(C)O.CCC(O)CC(C)CCO.CCC(O)CC(O)C(C)C.CCC(O)CCC(C)CO.CCCC(O)C(C)C(C)O.CCCC(O)C(C)CCO.CCCC(O)CC(C)CO.CCCCC(C)(O)CCO.CCCCC(CO)C(C)O.CCCCC(O)C(O)CO.CCCCCC(C)(O)CO. The van der Waals surface area contributed by atoms with Gasteiger partial charge in [-0.1, -0.05) is 243 Å². The Labute approximate surface area is 916 Å². The Morgan fingerprint density at radius 3 is 0.940 bits per heavy atom. The van der Waals surface area contributed by atoms with Gasteiger partial charge in [-0.05, 0) is 315 Å². The average molecular weight is 2180 g/mol. The maximum Gasteiger partial charge on any atom is 0.103 e. The zero-order valence-electron chi connectivity index (χ0n) is 103. The van der Waals surface area contributed by atoms with Gasteiger partial charge >= 0.3 is 0 Å². The maximum atomic E-state index is 9.49. The third-order valence-electron chi connectivity index (χ3n) is 26.2. The molecular formula is C118H266O31. The molecule has 31 unspecified atom stereocenters. The van der Waals surface area contributed by atoms with Crippen molar-refractivity contribution in [2.75, 3.05) is 66.1 Å². The molecule has 0 saturated carbocycles. The summed E-state index contributed by atoms with van der Waals surface area (Å²) in [7, 11) is 0. The maximum absolute atomic E-state index is 9.49. The summed E-state index contributed by atoms with van der Waals surface area (Å²) < 4.78 is 0. The van der Waals surface area contributed by atoms with E-state index in [0.717, 1.165) is 212 Å². The molecule has 0 aliphatic carbocycles. The van der Waals surface area contributed by atoms with E-state index in [1.165, 1.54) is 0 Å². The van der Waals surface area contributed by atoms with Crippen molar-refractivity contribution < 1.29 is 158 Å². The molecule has 0 fully saturated rings. The van der Waals surface area contributed by atoms with Gasteiger partial charge in [0, 0.05) is 64.7 Å². The third-order valence-corrected chi connectivity index (χ3v) is 26.2. The third kappa shape index (κ3) is 160. The van der Waals surface area contributed by atoms with Crippen LogP contribution in [0.15, 0.2) is 0 Å². The lowest BCUT2D eigenvalue weighted by atomic mass is 9.96. The zero-order valence-corrected chi connectivity index (χ0v) is 103. The summed E-state index contributed by atoms with van der Waals surface area (Å²) >= 11 is 0. The van der Waals surface area contributed by atoms with E-state index in [1.807, 2.05) is 125 Å². The van der Waals surface area contributed by atoms with E-state index in [1.54, 1.807) is 69.2 Å². The molecule has 31 atom stereocenters. The fourth-order valence-corrected chi connectivity index (χ4v) is 12.6. The monoisotopic (exact) mass is 2180 g/mol. The minimum Gasteiger partial charge on any atom is -0.396 e. The Morgan fingerprint density at radius 1 is 0.201 bits per heavy atom. The van der Waals surface area contributed by atoms with Crippen molar-refractivity contribution in [1.82, 2.24) is 0 Å². The van der Waals surface area contributed by atoms with Gasteiger partial charge in [-0.3, -0.25) is 0 Å². The van der Waals surface area contributed by atoms with Crippen molar-refractivity contribution >= 4 is 0 Å². The second-order valence-corrected chi connectivity index (χ2v) is 44.2. The molecular weight excluding hydrogens is 1910 g/mol. The number of unbranched alkanes of at least 4 members (excludes halogenated alkanes) is 5. The predicted octanol–water partition coefficient (Wildman–Crippen LogP) is 16.1. The molecule has 149 heavy (non-hydrogen) atoms. The summed E-state index contributed by atoms with van der Waals surface area (Å²) in [4.78, 5) is 0. The molecule has 0 aliphatic heterocycles. The van der Waals surface area contributed by atoms with Crippen LogP contribution in [0.5, 0.6) is 0 Å². The lowest BCUT2D eigenvalue weighted by molar-refractivity contribution is -0.0183. The van der Waals surface area contributed by atoms with Crippen LogP contribution in [0.2, 0.25) is 0 Å². The van der Waals surface area contributed by atoms with Crippen molar-refractivity contribution in [1.29, 1.82) is 0 Å². The predicted molar refractivity (Wildman–Crippen MR) is 619 cm³/mol. The van der Waals surface area contributed by atoms with Gasteiger partial charge in [-0.25, -0.2) is 0 Å². The number of hydrogen-bond donors (Lipinski definition) is 31. The standard InChI is InChI=1S/13C8H18O2.C7H16O3.C7H16O2/c1-6(8(3)10)4-5-7(2)9;1-6(2)8(10)5-4-7(3)9;1-7(5-6-9)3-4-8(2)10;1-4-8(10)5-6(2)7(3)9;1-4-7(9)5-8(10)6(2)3;1-4-5-8(10)6(2)7(3)9;1-3-8(10)6-7(2)4-5-9;1-3-8(10)5-4-7(2)6-9;1-3-4-8(10)5-7(2)6-9;1-3-4-8(10)7(2)5-6-9;1-3-4-5-8(2,10)6-7-9;1-3-4-5-8(6-9)7(2)10;1-3-4-5-6-8(2,10)7-9;1-2-3-4-6(9)7(10)5-8;1-6(7(2)9)4-3-5-8/h2*6-10H,4-5H2,1-3H3;7-10H,3-6H2,1-2H3;3*6-10H,4-5H2,1-3H3;4*7-10H,3-6H2,1-2H3;9-10H,3-7H2,1-2H3;7-10H,3-6H2,1-2H3;9-10H,3-7H2,1-2H3;6-10H,2-5H2,1H3;6-9H,3-5H2,1-2H3. The van der Waals surface area contributed by atoms with Gasteiger partial charge in [0.25, 0.3) is 0 Å². The molecule has 0 aromatic heterocycles. The molecule has 0 heterocycles. The molecule has 924 valence electrons. The van der Waals surface area contributed by atoms with Crippen molar-refractivity contribution in [2.45, 2.75) is 626 Å². The quantitative estimate of drug-likeness (QED) is 0.0251. The summed E-state index contributed by atoms with van der Waals surface area (Å²) in [6.45, 7) is 66.5. The highest BCUT2D eigenvalue weighted by atomic mass is 16.4. The van der Waals surface area contributed by atoms with E-state index in [-0.39, 0.29) is 199 Å². The van der Waals surface area contributed by atoms with E-state index in [0.29, 0.717) is 86.9 Å². The van der Waals surface area contributed by atoms with Crippen molar-refractivity contribution in [3.63, 3.8) is 0 Å². The lowest BCUT2D eigenvalue weighted by Crippen LogP contribution is -2.28. The van der Waals surface area contributed by atoms with Crippen LogP contribution in [0.3, 0.4) is 0 Å². The van der Waals surface area contributed by atoms with E-state index in [9.17, 15) is 40.9 Å². The van der Waals surface area contributed by atoms with E-state index < -0.39 is 29.5 Å². The first-order chi connectivity index (χ1) is 69.2. The Hall–Kier alpha value is -1.24. The molecule has 0 saturated heterocycles. The minimum atomic E-state index is -0.966. The van der Waals surface area contributed by atoms with Gasteiger partial charge in [-0.15, -0.1) is 0 Å². The molecule has 31 N–H and O–H groups in total. The van der Waals surface area contributed by atoms with Gasteiger partial charge in [0.05, 0.1) is 134 Å². The minimum absolute atomic E-state index is 0.0000463. The summed E-state index contributed by atoms with van der Waals surface area (Å²) in [5, 5.41) is 277. The van der Waals surface area contributed by atoms with Gasteiger partial charge < -0.3 is 158 Å². The van der Waals surface area contributed by atoms with Crippen molar-refractivity contribution in [3.8, 4) is 0 Å². The molecule has 0 spiro atoms. The van der Waals surface area contributed by atoms with Crippen LogP contribution in [0, 0.1) is 71.0 Å². The fourth-order valence-electron chi connectivity index (χ4n) is 12.6. The van der Waals surface area contributed by atoms with Crippen molar-refractivity contribution in [3.05, 3.63) is 0 Å². The van der Waals surface area contributed by atoms with Crippen molar-refractivity contribution in [2.24, 2.45) is 71.0 Å². The molecule has 0 aliphatic rings. The largest absolute Gasteiger partial charge is 0.396 e. The number of rotatable bonds is 69. The summed E-state index contributed by atoms with van der Waals surface area (Å²) in [6, 6.07) is 0. The highest BCUT2D eigenvalue weighted by Crippen LogP contribution is 2.22. The van der Waals surface area contributed by atoms with Crippen LogP contribution >= 0.6 is 0 Å². The normalized spacial score (nSPS) is 17.6. The molecule has 0 amide bonds. The first-order valence-corrected chi connectivity index (χ1v) is 58.6. The van der Waals surface area contributed by atoms with Crippen LogP contribution in [0.25, 0.3) is 0 Å². The summed E-state index contributed by atoms with van der Waals surface area (Å²) in [5.74, 6) is 3.26. The Morgan fingerprint density at radius 2 is 0.584 bits per heavy atom. The Kier molecular flexibility index (Phi) is 158. The van der Waals surface area contributed by atoms with Crippen LogP contribution in [-0.2, 0) is 0 Å². The lowest BCUT2D eigenvalue weighted by Gasteiger charge is -2.21. The molecule has 0 aromatic rings. The molecule has 31 nitrogen and oxygen atoms in total. The van der Waals surface area contributed by atoms with Gasteiger partial charge in [-0.2, -0.15) is 0 Å². The summed E-state index contributed by atoms with van der Waals surface area (Å²) in [5.41, 5.74) is -1.50. The number of hydrogen-bond acceptors (Lipinski definition) is 31. The smallest absolute Gasteiger partial charge is 0.103 e. The highest BCUT2D eigenvalue weighted by Gasteiger charge is 2.23. The van der Waals surface area contributed by atoms with Crippen LogP contribution < -0.4 is 0 Å². The van der Waals surface area contributed by atoms with E-state index in [2.05, 4.69) is 41.5 Å². The first-order valence-electron chi connectivity index (χ1n) is 58.6. The topological polar surface area (TPSA) is 627 Å². The van der Waals surface area contributed by atoms with Crippen LogP contribution in [-0.4, -0.2) is 352 Å². The molecule has 31 heteroatoms. The zero-order chi connectivity index (χ0) is 120. The van der Waals surface area contributed by atoms with E-state index in [4.69, 9.17) is 117 Å². The number of aliphatic hydroxyl groups excluding tert-OH is 29. The number of aliphatic hydroxyl groups is 31. The second-order valence-electron chi connectivity index (χ2n) is 44.2. The molecule has 0 aromatic carbocycles. The van der Waals surface area contributed by atoms with E-state index >= 15 is 0 Å². The van der Waals surface area contributed by atoms with Crippen LogP contribution in [0.4, 0.5) is 0 Å². The first kappa shape index (κ1) is 181. The fraction of sp³-hybridized carbons (Fsp3) is 1.00. The molecule has 0 bridgehead atoms. The Balaban J connectivity index is -0.0000000993. The van der Waals surface area contributed by atoms with Gasteiger partial charge in [0.2, 0.25) is 0 Å². The highest BCUT2D eigenvalue weighted by molar-refractivity contribution is 4.75. The molecule has 0 radical (unpaired) electrons. The second kappa shape index (κ2) is 130. The average Bonchev–Trinajstić information content (AvgIpc) is 0.958. The Bertz CT molecular complexity index is 2260. The van der Waals surface area contributed by atoms with Gasteiger partial charge in [0.1, 0.15) is 6.10 Å². The summed E-state index contributed by atoms with van der Waals surface area (Å²) in [6.07, 6.45) is 28.8. The molecule has 0 rings (SSSR count).